The van der Waals surface area contributed by atoms with Crippen molar-refractivity contribution in [1.82, 2.24) is 0 Å². The Balaban J connectivity index is 2.47. The highest BCUT2D eigenvalue weighted by Crippen LogP contribution is 2.36. The van der Waals surface area contributed by atoms with E-state index in [4.69, 9.17) is 5.11 Å². The molecule has 1 rings (SSSR count). The lowest BCUT2D eigenvalue weighted by molar-refractivity contribution is -0.137. The molecule has 0 aromatic heterocycles. The van der Waals surface area contributed by atoms with E-state index in [9.17, 15) is 20.1 Å². The molecule has 0 spiro atoms. The Kier molecular flexibility index (Phi) is 10.7. The summed E-state index contributed by atoms with van der Waals surface area (Å²) in [6, 6.07) is 0. The molecule has 0 saturated heterocycles. The molecule has 3 unspecified atom stereocenters. The van der Waals surface area contributed by atoms with Gasteiger partial charge in [-0.3, -0.25) is 4.79 Å². The van der Waals surface area contributed by atoms with Crippen LogP contribution in [0.4, 0.5) is 0 Å². The molecule has 0 heterocycles. The Morgan fingerprint density at radius 2 is 1.92 bits per heavy atom. The van der Waals surface area contributed by atoms with Crippen LogP contribution in [0.25, 0.3) is 0 Å². The summed E-state index contributed by atoms with van der Waals surface area (Å²) < 4.78 is 0. The van der Waals surface area contributed by atoms with Crippen molar-refractivity contribution in [1.29, 1.82) is 0 Å². The number of carboxylic acids is 1. The first-order valence-corrected chi connectivity index (χ1v) is 9.55. The molecular weight excluding hydrogens is 320 g/mol. The van der Waals surface area contributed by atoms with Crippen molar-refractivity contribution in [2.75, 3.05) is 0 Å². The van der Waals surface area contributed by atoms with Gasteiger partial charge in [0.2, 0.25) is 0 Å². The molecule has 5 heteroatoms. The molecule has 5 atom stereocenters. The molecule has 0 amide bonds. The van der Waals surface area contributed by atoms with Gasteiger partial charge >= 0.3 is 5.97 Å². The number of carbonyl (C=O) groups is 1. The molecule has 25 heavy (non-hydrogen) atoms. The third kappa shape index (κ3) is 8.66. The summed E-state index contributed by atoms with van der Waals surface area (Å²) in [5, 5.41) is 38.9. The average Bonchev–Trinajstić information content (AvgIpc) is 2.81. The maximum absolute atomic E-state index is 10.5. The van der Waals surface area contributed by atoms with Crippen LogP contribution in [0.1, 0.15) is 64.7 Å². The number of allylic oxidation sites excluding steroid dienone is 2. The summed E-state index contributed by atoms with van der Waals surface area (Å²) in [6.07, 6.45) is 12.4. The first kappa shape index (κ1) is 21.9. The van der Waals surface area contributed by atoms with Crippen molar-refractivity contribution in [2.24, 2.45) is 11.8 Å². The van der Waals surface area contributed by atoms with E-state index in [1.807, 2.05) is 0 Å². The van der Waals surface area contributed by atoms with Gasteiger partial charge in [0.25, 0.3) is 0 Å². The third-order valence-corrected chi connectivity index (χ3v) is 4.91. The summed E-state index contributed by atoms with van der Waals surface area (Å²) in [7, 11) is 0. The third-order valence-electron chi connectivity index (χ3n) is 4.91. The van der Waals surface area contributed by atoms with Crippen molar-refractivity contribution in [3.63, 3.8) is 0 Å². The Labute approximate surface area is 151 Å². The highest BCUT2D eigenvalue weighted by molar-refractivity contribution is 5.66. The SMILES string of the molecule is CCCCC/C=C\C[C@H]1C(O)CC(O)[C@@H]1/C=C/C(O)CCCC(=O)O. The Morgan fingerprint density at radius 3 is 2.60 bits per heavy atom. The second-order valence-corrected chi connectivity index (χ2v) is 7.05. The van der Waals surface area contributed by atoms with E-state index in [2.05, 4.69) is 19.1 Å². The second-order valence-electron chi connectivity index (χ2n) is 7.05. The topological polar surface area (TPSA) is 98.0 Å². The second kappa shape index (κ2) is 12.2. The smallest absolute Gasteiger partial charge is 0.303 e. The largest absolute Gasteiger partial charge is 0.481 e. The fourth-order valence-electron chi connectivity index (χ4n) is 3.41. The van der Waals surface area contributed by atoms with Crippen LogP contribution in [0.5, 0.6) is 0 Å². The summed E-state index contributed by atoms with van der Waals surface area (Å²) in [6.45, 7) is 2.17. The fraction of sp³-hybridized carbons (Fsp3) is 0.750. The molecule has 1 aliphatic rings. The van der Waals surface area contributed by atoms with Crippen molar-refractivity contribution in [3.8, 4) is 0 Å². The monoisotopic (exact) mass is 354 g/mol. The molecule has 0 radical (unpaired) electrons. The van der Waals surface area contributed by atoms with E-state index < -0.39 is 24.3 Å². The number of aliphatic hydroxyl groups is 3. The quantitative estimate of drug-likeness (QED) is 0.319. The first-order valence-electron chi connectivity index (χ1n) is 9.55. The van der Waals surface area contributed by atoms with E-state index in [0.29, 0.717) is 25.7 Å². The summed E-state index contributed by atoms with van der Waals surface area (Å²) >= 11 is 0. The van der Waals surface area contributed by atoms with Gasteiger partial charge < -0.3 is 20.4 Å². The van der Waals surface area contributed by atoms with E-state index in [0.717, 1.165) is 6.42 Å². The summed E-state index contributed by atoms with van der Waals surface area (Å²) in [5.41, 5.74) is 0. The lowest BCUT2D eigenvalue weighted by Gasteiger charge is -2.19. The molecule has 1 fully saturated rings. The Bertz CT molecular complexity index is 432. The maximum atomic E-state index is 10.5. The van der Waals surface area contributed by atoms with Gasteiger partial charge in [0.1, 0.15) is 0 Å². The van der Waals surface area contributed by atoms with Gasteiger partial charge in [0, 0.05) is 18.8 Å². The Hall–Kier alpha value is -1.17. The van der Waals surface area contributed by atoms with Gasteiger partial charge in [-0.15, -0.1) is 0 Å². The van der Waals surface area contributed by atoms with E-state index in [-0.39, 0.29) is 18.3 Å². The molecule has 0 bridgehead atoms. The van der Waals surface area contributed by atoms with Gasteiger partial charge in [0.05, 0.1) is 18.3 Å². The van der Waals surface area contributed by atoms with Gasteiger partial charge in [0.15, 0.2) is 0 Å². The number of hydrogen-bond acceptors (Lipinski definition) is 4. The van der Waals surface area contributed by atoms with Gasteiger partial charge in [-0.1, -0.05) is 44.1 Å². The minimum absolute atomic E-state index is 0.0418. The predicted octanol–water partition coefficient (Wildman–Crippen LogP) is 3.04. The van der Waals surface area contributed by atoms with Crippen molar-refractivity contribution in [3.05, 3.63) is 24.3 Å². The zero-order chi connectivity index (χ0) is 18.7. The standard InChI is InChI=1S/C20H34O5/c1-2-3-4-5-6-7-10-16-17(19(23)14-18(16)22)13-12-15(21)9-8-11-20(24)25/h6-7,12-13,15-19,21-23H,2-5,8-11,14H2,1H3,(H,24,25)/b7-6-,13-12+/t15?,16-,17-,18?,19?/m1/s1. The number of hydrogen-bond donors (Lipinski definition) is 4. The van der Waals surface area contributed by atoms with Crippen molar-refractivity contribution >= 4 is 5.97 Å². The number of aliphatic hydroxyl groups excluding tert-OH is 3. The van der Waals surface area contributed by atoms with Crippen molar-refractivity contribution in [2.45, 2.75) is 83.0 Å². The van der Waals surface area contributed by atoms with Crippen LogP contribution in [0.15, 0.2) is 24.3 Å². The van der Waals surface area contributed by atoms with Crippen LogP contribution in [-0.2, 0) is 4.79 Å². The highest BCUT2D eigenvalue weighted by atomic mass is 16.4. The van der Waals surface area contributed by atoms with Crippen LogP contribution < -0.4 is 0 Å². The maximum Gasteiger partial charge on any atom is 0.303 e. The van der Waals surface area contributed by atoms with Crippen molar-refractivity contribution < 1.29 is 25.2 Å². The predicted molar refractivity (Wildman–Crippen MR) is 98.1 cm³/mol. The number of aliphatic carboxylic acids is 1. The minimum Gasteiger partial charge on any atom is -0.481 e. The summed E-state index contributed by atoms with van der Waals surface area (Å²) in [5.74, 6) is -1.08. The van der Waals surface area contributed by atoms with Crippen LogP contribution in [0.3, 0.4) is 0 Å². The fourth-order valence-corrected chi connectivity index (χ4v) is 3.41. The highest BCUT2D eigenvalue weighted by Gasteiger charge is 2.39. The number of carboxylic acid groups (broad SMARTS) is 1. The number of unbranched alkanes of at least 4 members (excludes halogenated alkanes) is 3. The zero-order valence-electron chi connectivity index (χ0n) is 15.3. The van der Waals surface area contributed by atoms with E-state index in [1.165, 1.54) is 19.3 Å². The molecule has 144 valence electrons. The Morgan fingerprint density at radius 1 is 1.16 bits per heavy atom. The summed E-state index contributed by atoms with van der Waals surface area (Å²) in [4.78, 5) is 10.5. The van der Waals surface area contributed by atoms with Crippen LogP contribution in [0, 0.1) is 11.8 Å². The van der Waals surface area contributed by atoms with Crippen LogP contribution >= 0.6 is 0 Å². The van der Waals surface area contributed by atoms with E-state index >= 15 is 0 Å². The lowest BCUT2D eigenvalue weighted by Crippen LogP contribution is -2.20. The van der Waals surface area contributed by atoms with Gasteiger partial charge in [-0.2, -0.15) is 0 Å². The van der Waals surface area contributed by atoms with E-state index in [1.54, 1.807) is 12.2 Å². The minimum atomic E-state index is -0.865. The average molecular weight is 354 g/mol. The molecule has 1 saturated carbocycles. The molecule has 1 aliphatic carbocycles. The van der Waals surface area contributed by atoms with Gasteiger partial charge in [-0.25, -0.2) is 0 Å². The van der Waals surface area contributed by atoms with Crippen LogP contribution in [-0.4, -0.2) is 44.7 Å². The molecule has 0 aliphatic heterocycles. The zero-order valence-corrected chi connectivity index (χ0v) is 15.3. The molecule has 0 aromatic rings. The van der Waals surface area contributed by atoms with Gasteiger partial charge in [-0.05, 0) is 38.0 Å². The molecule has 5 nitrogen and oxygen atoms in total. The molecule has 4 N–H and O–H groups in total. The van der Waals surface area contributed by atoms with Crippen LogP contribution in [0.2, 0.25) is 0 Å². The lowest BCUT2D eigenvalue weighted by atomic mass is 9.89. The molecule has 0 aromatic carbocycles. The molecular formula is C20H34O5. The first-order chi connectivity index (χ1) is 12.0. The normalized spacial score (nSPS) is 28.2. The number of rotatable bonds is 12.